The van der Waals surface area contributed by atoms with Gasteiger partial charge in [0.2, 0.25) is 0 Å². The minimum atomic E-state index is -0.0344. The molecule has 2 heterocycles. The fourth-order valence-corrected chi connectivity index (χ4v) is 5.58. The molecule has 0 spiro atoms. The molecule has 3 unspecified atom stereocenters. The van der Waals surface area contributed by atoms with Crippen LogP contribution in [0.2, 0.25) is 0 Å². The molecular formula is C27H30IN4O2P. The van der Waals surface area contributed by atoms with Gasteiger partial charge in [-0.05, 0) is 76.7 Å². The van der Waals surface area contributed by atoms with Crippen LogP contribution in [0.4, 0.5) is 0 Å². The lowest BCUT2D eigenvalue weighted by Crippen LogP contribution is -2.20. The van der Waals surface area contributed by atoms with Crippen molar-refractivity contribution < 1.29 is 9.63 Å². The average molecular weight is 600 g/mol. The molecule has 6 nitrogen and oxygen atoms in total. The third-order valence-electron chi connectivity index (χ3n) is 5.98. The van der Waals surface area contributed by atoms with Gasteiger partial charge in [-0.2, -0.15) is 5.26 Å². The second-order valence-electron chi connectivity index (χ2n) is 8.13. The summed E-state index contributed by atoms with van der Waals surface area (Å²) in [6.07, 6.45) is 4.83. The molecule has 1 aromatic heterocycles. The van der Waals surface area contributed by atoms with Crippen LogP contribution in [-0.4, -0.2) is 46.3 Å². The van der Waals surface area contributed by atoms with Gasteiger partial charge in [0.05, 0.1) is 25.6 Å². The van der Waals surface area contributed by atoms with Gasteiger partial charge >= 0.3 is 0 Å². The summed E-state index contributed by atoms with van der Waals surface area (Å²) in [5, 5.41) is 15.9. The second kappa shape index (κ2) is 14.3. The minimum absolute atomic E-state index is 0.0344. The van der Waals surface area contributed by atoms with Gasteiger partial charge in [0, 0.05) is 31.6 Å². The van der Waals surface area contributed by atoms with Crippen molar-refractivity contribution in [2.45, 2.75) is 31.9 Å². The third-order valence-corrected chi connectivity index (χ3v) is 7.19. The van der Waals surface area contributed by atoms with Gasteiger partial charge in [-0.15, -0.1) is 0 Å². The first kappa shape index (κ1) is 27.3. The van der Waals surface area contributed by atoms with Crippen LogP contribution in [0.25, 0.3) is 11.1 Å². The van der Waals surface area contributed by atoms with E-state index in [1.165, 1.54) is 16.7 Å². The molecule has 4 rings (SSSR count). The Morgan fingerprint density at radius 1 is 1.14 bits per heavy atom. The largest absolute Gasteiger partial charge is 0.400 e. The third kappa shape index (κ3) is 7.61. The van der Waals surface area contributed by atoms with Crippen molar-refractivity contribution in [3.8, 4) is 29.0 Å². The normalized spacial score (nSPS) is 16.3. The molecule has 0 bridgehead atoms. The maximum absolute atomic E-state index is 8.90. The van der Waals surface area contributed by atoms with Crippen LogP contribution in [0.5, 0.6) is 0 Å². The number of aliphatic hydroxyl groups is 1. The smallest absolute Gasteiger partial charge is 0.138 e. The zero-order valence-electron chi connectivity index (χ0n) is 20.0. The molecule has 1 aliphatic rings. The predicted octanol–water partition coefficient (Wildman–Crippen LogP) is 5.54. The highest BCUT2D eigenvalue weighted by Gasteiger charge is 2.23. The van der Waals surface area contributed by atoms with Crippen molar-refractivity contribution >= 4 is 28.5 Å². The molecule has 1 N–H and O–H groups in total. The monoisotopic (exact) mass is 600 g/mol. The summed E-state index contributed by atoms with van der Waals surface area (Å²) in [5.74, 6) is 7.93. The highest BCUT2D eigenvalue weighted by atomic mass is 127. The van der Waals surface area contributed by atoms with Crippen LogP contribution in [0.1, 0.15) is 42.3 Å². The Morgan fingerprint density at radius 2 is 1.83 bits per heavy atom. The Bertz CT molecular complexity index is 1160. The molecule has 3 aromatic rings. The van der Waals surface area contributed by atoms with Crippen LogP contribution >= 0.6 is 28.5 Å². The lowest BCUT2D eigenvalue weighted by atomic mass is 9.95. The van der Waals surface area contributed by atoms with Crippen molar-refractivity contribution in [1.82, 2.24) is 14.5 Å². The van der Waals surface area contributed by atoms with Gasteiger partial charge in [0.25, 0.3) is 0 Å². The molecule has 35 heavy (non-hydrogen) atoms. The lowest BCUT2D eigenvalue weighted by molar-refractivity contribution is 0.251. The van der Waals surface area contributed by atoms with Crippen molar-refractivity contribution in [2.75, 3.05) is 26.7 Å². The molecular weight excluding hydrogens is 570 g/mol. The molecule has 182 valence electrons. The molecule has 0 saturated carbocycles. The van der Waals surface area contributed by atoms with E-state index >= 15 is 0 Å². The lowest BCUT2D eigenvalue weighted by Gasteiger charge is -2.13. The van der Waals surface area contributed by atoms with Gasteiger partial charge in [0.15, 0.2) is 0 Å². The highest BCUT2D eigenvalue weighted by molar-refractivity contribution is 14.2. The van der Waals surface area contributed by atoms with Gasteiger partial charge in [-0.25, -0.2) is 4.98 Å². The van der Waals surface area contributed by atoms with E-state index in [0.29, 0.717) is 25.5 Å². The van der Waals surface area contributed by atoms with Gasteiger partial charge in [-0.3, -0.25) is 4.90 Å². The van der Waals surface area contributed by atoms with Gasteiger partial charge in [0.1, 0.15) is 11.9 Å². The molecule has 1 fully saturated rings. The van der Waals surface area contributed by atoms with E-state index in [2.05, 4.69) is 98.4 Å². The van der Waals surface area contributed by atoms with Crippen molar-refractivity contribution in [2.24, 2.45) is 0 Å². The first-order valence-corrected chi connectivity index (χ1v) is 15.5. The molecule has 0 amide bonds. The van der Waals surface area contributed by atoms with E-state index < -0.39 is 0 Å². The number of benzene rings is 2. The van der Waals surface area contributed by atoms with E-state index in [4.69, 9.17) is 14.9 Å². The zero-order chi connectivity index (χ0) is 25.0. The summed E-state index contributed by atoms with van der Waals surface area (Å²) < 4.78 is 7.70. The van der Waals surface area contributed by atoms with Crippen molar-refractivity contribution in [3.05, 3.63) is 77.9 Å². The van der Waals surface area contributed by atoms with E-state index in [1.807, 2.05) is 17.7 Å². The number of aromatic nitrogens is 2. The quantitative estimate of drug-likeness (QED) is 0.167. The maximum atomic E-state index is 8.90. The number of aliphatic hydroxyl groups excluding tert-OH is 1. The van der Waals surface area contributed by atoms with E-state index in [9.17, 15) is 0 Å². The molecule has 0 radical (unpaired) electrons. The fourth-order valence-electron chi connectivity index (χ4n) is 4.20. The predicted molar refractivity (Wildman–Crippen MR) is 150 cm³/mol. The molecule has 0 aliphatic carbocycles. The van der Waals surface area contributed by atoms with E-state index in [0.717, 1.165) is 38.0 Å². The van der Waals surface area contributed by atoms with Gasteiger partial charge < -0.3 is 14.2 Å². The highest BCUT2D eigenvalue weighted by Crippen LogP contribution is 2.31. The summed E-state index contributed by atoms with van der Waals surface area (Å²) in [4.78, 5) is 6.63. The standard InChI is InChI=1S/C26H26IN4OP.CH4O/c1-20(32-33-27)26-29-14-18-31(26)15-2-3-21-4-6-22(7-5-21)23-8-10-24(11-9-23)25-12-16-30(19-25)17-13-28;1-2/h4-11,14,18,20,25,33H,12,15-17,19H2,1H3;2H,1H3. The summed E-state index contributed by atoms with van der Waals surface area (Å²) in [7, 11) is 1.00. The van der Waals surface area contributed by atoms with Crippen molar-refractivity contribution in [3.63, 3.8) is 0 Å². The number of hydrogen-bond acceptors (Lipinski definition) is 5. The zero-order valence-corrected chi connectivity index (χ0v) is 23.1. The number of likely N-dealkylation sites (tertiary alicyclic amines) is 1. The molecule has 2 aromatic carbocycles. The summed E-state index contributed by atoms with van der Waals surface area (Å²) in [6, 6.07) is 19.5. The Labute approximate surface area is 222 Å². The maximum Gasteiger partial charge on any atom is 0.138 e. The number of hydrogen-bond donors (Lipinski definition) is 1. The fraction of sp³-hybridized carbons (Fsp3) is 0.333. The SMILES string of the molecule is CC(OPI)c1nccn1CC#Cc1ccc(-c2ccc(C3CCN(CC#N)C3)cc2)cc1.CO. The number of halogens is 1. The van der Waals surface area contributed by atoms with Crippen LogP contribution < -0.4 is 0 Å². The number of rotatable bonds is 7. The first-order chi connectivity index (χ1) is 17.2. The van der Waals surface area contributed by atoms with Crippen LogP contribution in [0.15, 0.2) is 60.9 Å². The van der Waals surface area contributed by atoms with E-state index in [-0.39, 0.29) is 6.10 Å². The second-order valence-corrected chi connectivity index (χ2v) is 9.84. The minimum Gasteiger partial charge on any atom is -0.400 e. The first-order valence-electron chi connectivity index (χ1n) is 11.4. The molecule has 8 heteroatoms. The molecule has 1 saturated heterocycles. The summed E-state index contributed by atoms with van der Waals surface area (Å²) in [5.41, 5.74) is 4.75. The topological polar surface area (TPSA) is 74.3 Å². The number of nitriles is 1. The molecule has 3 atom stereocenters. The Balaban J connectivity index is 0.00000167. The Hall–Kier alpha value is -2.26. The Kier molecular flexibility index (Phi) is 11.2. The van der Waals surface area contributed by atoms with Crippen LogP contribution in [0.3, 0.4) is 0 Å². The average Bonchev–Trinajstić information content (AvgIpc) is 3.56. The summed E-state index contributed by atoms with van der Waals surface area (Å²) >= 11 is 2.23. The number of nitrogens with zero attached hydrogens (tertiary/aromatic N) is 4. The van der Waals surface area contributed by atoms with Crippen LogP contribution in [-0.2, 0) is 11.1 Å². The van der Waals surface area contributed by atoms with Crippen molar-refractivity contribution in [1.29, 1.82) is 5.26 Å². The van der Waals surface area contributed by atoms with Crippen LogP contribution in [0, 0.1) is 23.2 Å². The number of imidazole rings is 1. The van der Waals surface area contributed by atoms with Gasteiger partial charge in [-0.1, -0.05) is 48.2 Å². The summed E-state index contributed by atoms with van der Waals surface area (Å²) in [6.45, 7) is 5.52. The Morgan fingerprint density at radius 3 is 2.49 bits per heavy atom. The molecule has 1 aliphatic heterocycles. The van der Waals surface area contributed by atoms with E-state index in [1.54, 1.807) is 6.20 Å².